The van der Waals surface area contributed by atoms with E-state index in [1.807, 2.05) is 4.90 Å². The number of fused-ring (bicyclic) bond motifs is 2. The molecule has 2 N–H and O–H groups in total. The molecular weight excluding hydrogens is 431 g/mol. The highest BCUT2D eigenvalue weighted by atomic mass is 32.1. The van der Waals surface area contributed by atoms with Crippen LogP contribution in [0.4, 0.5) is 24.9 Å². The summed E-state index contributed by atoms with van der Waals surface area (Å²) in [5.74, 6) is 0.520. The van der Waals surface area contributed by atoms with Gasteiger partial charge in [-0.3, -0.25) is 0 Å². The van der Waals surface area contributed by atoms with Crippen LogP contribution in [0.1, 0.15) is 36.4 Å². The van der Waals surface area contributed by atoms with Crippen molar-refractivity contribution in [2.45, 2.75) is 51.5 Å². The van der Waals surface area contributed by atoms with Crippen LogP contribution in [0.25, 0.3) is 10.3 Å². The highest BCUT2D eigenvalue weighted by molar-refractivity contribution is 7.18. The van der Waals surface area contributed by atoms with Crippen molar-refractivity contribution in [2.24, 2.45) is 5.73 Å². The number of nitrogens with zero attached hydrogens (tertiary/aromatic N) is 8. The van der Waals surface area contributed by atoms with E-state index in [1.54, 1.807) is 0 Å². The molecule has 13 heteroatoms. The van der Waals surface area contributed by atoms with Crippen LogP contribution in [-0.2, 0) is 25.7 Å². The third-order valence-corrected chi connectivity index (χ3v) is 6.56. The van der Waals surface area contributed by atoms with Crippen molar-refractivity contribution < 1.29 is 13.2 Å². The summed E-state index contributed by atoms with van der Waals surface area (Å²) in [6, 6.07) is 0.0780. The number of rotatable bonds is 4. The normalized spacial score (nSPS) is 19.5. The zero-order chi connectivity index (χ0) is 21.8. The number of alkyl halides is 3. The predicted octanol–water partition coefficient (Wildman–Crippen LogP) is 2.21. The van der Waals surface area contributed by atoms with Crippen LogP contribution in [0.15, 0.2) is 0 Å². The summed E-state index contributed by atoms with van der Waals surface area (Å²) in [6.45, 7) is 4.18. The Labute approximate surface area is 180 Å². The van der Waals surface area contributed by atoms with E-state index < -0.39 is 12.0 Å². The molecule has 2 aliphatic heterocycles. The number of nitrogens with two attached hydrogens (primary N) is 1. The fourth-order valence-electron chi connectivity index (χ4n) is 4.04. The molecule has 2 aliphatic rings. The molecule has 0 saturated carbocycles. The second kappa shape index (κ2) is 7.55. The minimum Gasteiger partial charge on any atom is -0.345 e. The lowest BCUT2D eigenvalue weighted by Crippen LogP contribution is -2.36. The summed E-state index contributed by atoms with van der Waals surface area (Å²) in [6.07, 6.45) is -1.86. The van der Waals surface area contributed by atoms with Gasteiger partial charge in [0.1, 0.15) is 5.52 Å². The van der Waals surface area contributed by atoms with Crippen molar-refractivity contribution in [1.82, 2.24) is 29.7 Å². The lowest BCUT2D eigenvalue weighted by molar-refractivity contribution is -0.147. The van der Waals surface area contributed by atoms with Gasteiger partial charge in [0.25, 0.3) is 0 Å². The molecule has 31 heavy (non-hydrogen) atoms. The van der Waals surface area contributed by atoms with Gasteiger partial charge < -0.3 is 20.1 Å². The molecule has 1 atom stereocenters. The second-order valence-corrected chi connectivity index (χ2v) is 8.93. The Morgan fingerprint density at radius 2 is 1.94 bits per heavy atom. The maximum atomic E-state index is 13.2. The van der Waals surface area contributed by atoms with Gasteiger partial charge in [-0.1, -0.05) is 18.3 Å². The minimum absolute atomic E-state index is 0.0780. The summed E-state index contributed by atoms with van der Waals surface area (Å²) in [4.78, 5) is 19.0. The SMILES string of the molecule is CCCc1nc2c(N3CCn4c(nnc4C(F)(F)F)C3)nc(N3CCC(N)C3)nc2s1. The van der Waals surface area contributed by atoms with Gasteiger partial charge in [-0.15, -0.1) is 10.2 Å². The Hall–Kier alpha value is -2.54. The Balaban J connectivity index is 1.54. The van der Waals surface area contributed by atoms with E-state index in [1.165, 1.54) is 11.3 Å². The number of hydrogen-bond donors (Lipinski definition) is 1. The monoisotopic (exact) mass is 453 g/mol. The van der Waals surface area contributed by atoms with E-state index in [2.05, 4.69) is 22.0 Å². The molecule has 5 rings (SSSR count). The summed E-state index contributed by atoms with van der Waals surface area (Å²) in [7, 11) is 0. The Bertz CT molecular complexity index is 1110. The molecule has 1 unspecified atom stereocenters. The van der Waals surface area contributed by atoms with Crippen LogP contribution in [0, 0.1) is 0 Å². The van der Waals surface area contributed by atoms with E-state index in [9.17, 15) is 13.2 Å². The van der Waals surface area contributed by atoms with Crippen molar-refractivity contribution in [2.75, 3.05) is 29.4 Å². The largest absolute Gasteiger partial charge is 0.451 e. The zero-order valence-electron chi connectivity index (χ0n) is 16.9. The first kappa shape index (κ1) is 20.4. The topological polar surface area (TPSA) is 102 Å². The van der Waals surface area contributed by atoms with Gasteiger partial charge in [0, 0.05) is 32.2 Å². The molecule has 9 nitrogen and oxygen atoms in total. The lowest BCUT2D eigenvalue weighted by atomic mass is 10.3. The Morgan fingerprint density at radius 1 is 1.10 bits per heavy atom. The first-order valence-corrected chi connectivity index (χ1v) is 11.1. The van der Waals surface area contributed by atoms with E-state index in [4.69, 9.17) is 20.7 Å². The van der Waals surface area contributed by atoms with Crippen molar-refractivity contribution in [3.05, 3.63) is 16.7 Å². The van der Waals surface area contributed by atoms with Gasteiger partial charge in [-0.2, -0.15) is 23.1 Å². The third kappa shape index (κ3) is 3.69. The molecule has 1 saturated heterocycles. The summed E-state index contributed by atoms with van der Waals surface area (Å²) < 4.78 is 40.7. The molecule has 0 radical (unpaired) electrons. The summed E-state index contributed by atoms with van der Waals surface area (Å²) in [5.41, 5.74) is 6.75. The molecule has 0 spiro atoms. The second-order valence-electron chi connectivity index (χ2n) is 7.86. The smallest absolute Gasteiger partial charge is 0.345 e. The van der Waals surface area contributed by atoms with Crippen molar-refractivity contribution >= 4 is 33.5 Å². The maximum absolute atomic E-state index is 13.2. The van der Waals surface area contributed by atoms with Crippen LogP contribution < -0.4 is 15.5 Å². The van der Waals surface area contributed by atoms with Crippen molar-refractivity contribution in [3.63, 3.8) is 0 Å². The van der Waals surface area contributed by atoms with E-state index >= 15 is 0 Å². The standard InChI is InChI=1S/C18H22F3N9S/c1-2-3-12-23-13-14(24-17(25-15(13)31-12)29-5-4-10(22)8-29)28-6-7-30-11(9-28)26-27-16(30)18(19,20)21/h10H,2-9,22H2,1H3. The van der Waals surface area contributed by atoms with Crippen LogP contribution in [0.2, 0.25) is 0 Å². The zero-order valence-corrected chi connectivity index (χ0v) is 17.7. The molecule has 3 aromatic heterocycles. The van der Waals surface area contributed by atoms with Gasteiger partial charge in [0.15, 0.2) is 16.5 Å². The van der Waals surface area contributed by atoms with E-state index in [0.717, 1.165) is 40.2 Å². The van der Waals surface area contributed by atoms with Gasteiger partial charge in [-0.05, 0) is 19.3 Å². The summed E-state index contributed by atoms with van der Waals surface area (Å²) in [5, 5.41) is 8.13. The number of anilines is 2. The highest BCUT2D eigenvalue weighted by Gasteiger charge is 2.40. The van der Waals surface area contributed by atoms with Gasteiger partial charge >= 0.3 is 6.18 Å². The molecule has 3 aromatic rings. The van der Waals surface area contributed by atoms with Crippen LogP contribution in [-0.4, -0.2) is 55.4 Å². The number of halogens is 3. The molecule has 0 bridgehead atoms. The van der Waals surface area contributed by atoms with Crippen LogP contribution >= 0.6 is 11.3 Å². The number of hydrogen-bond acceptors (Lipinski definition) is 9. The molecule has 0 aromatic carbocycles. The molecule has 0 amide bonds. The first-order chi connectivity index (χ1) is 14.8. The maximum Gasteiger partial charge on any atom is 0.451 e. The van der Waals surface area contributed by atoms with Crippen LogP contribution in [0.3, 0.4) is 0 Å². The molecule has 0 aliphatic carbocycles. The molecule has 1 fully saturated rings. The Kier molecular flexibility index (Phi) is 4.96. The molecular formula is C18H22F3N9S. The number of thiazole rings is 1. The fraction of sp³-hybridized carbons (Fsp3) is 0.611. The van der Waals surface area contributed by atoms with Gasteiger partial charge in [0.05, 0.1) is 11.6 Å². The molecule has 166 valence electrons. The van der Waals surface area contributed by atoms with Crippen molar-refractivity contribution in [3.8, 4) is 0 Å². The Morgan fingerprint density at radius 3 is 2.65 bits per heavy atom. The quantitative estimate of drug-likeness (QED) is 0.642. The highest BCUT2D eigenvalue weighted by Crippen LogP contribution is 2.34. The lowest BCUT2D eigenvalue weighted by Gasteiger charge is -2.29. The third-order valence-electron chi connectivity index (χ3n) is 5.55. The number of aryl methyl sites for hydroxylation is 1. The minimum atomic E-state index is -4.53. The van der Waals surface area contributed by atoms with Crippen LogP contribution in [0.5, 0.6) is 0 Å². The summed E-state index contributed by atoms with van der Waals surface area (Å²) >= 11 is 1.54. The average Bonchev–Trinajstić information content (AvgIpc) is 3.43. The number of aromatic nitrogens is 6. The predicted molar refractivity (Wildman–Crippen MR) is 110 cm³/mol. The van der Waals surface area contributed by atoms with Crippen molar-refractivity contribution in [1.29, 1.82) is 0 Å². The fourth-order valence-corrected chi connectivity index (χ4v) is 5.07. The molecule has 5 heterocycles. The first-order valence-electron chi connectivity index (χ1n) is 10.3. The van der Waals surface area contributed by atoms with E-state index in [0.29, 0.717) is 30.4 Å². The average molecular weight is 453 g/mol. The van der Waals surface area contributed by atoms with Gasteiger partial charge in [0.2, 0.25) is 11.8 Å². The van der Waals surface area contributed by atoms with E-state index in [-0.39, 0.29) is 25.0 Å². The van der Waals surface area contributed by atoms with Gasteiger partial charge in [-0.25, -0.2) is 4.98 Å².